The maximum absolute atomic E-state index is 3.62. The molecule has 2 N–H and O–H groups in total. The third-order valence-corrected chi connectivity index (χ3v) is 4.38. The Morgan fingerprint density at radius 3 is 2.50 bits per heavy atom. The molecule has 0 unspecified atom stereocenters. The van der Waals surface area contributed by atoms with Gasteiger partial charge in [-0.2, -0.15) is 0 Å². The predicted octanol–water partition coefficient (Wildman–Crippen LogP) is 0.213. The molecule has 2 saturated heterocycles. The van der Waals surface area contributed by atoms with Gasteiger partial charge in [0.15, 0.2) is 0 Å². The van der Waals surface area contributed by atoms with Gasteiger partial charge in [0.2, 0.25) is 0 Å². The Bertz CT molecular complexity index is 208. The molecule has 0 radical (unpaired) electrons. The van der Waals surface area contributed by atoms with Crippen LogP contribution in [0.4, 0.5) is 0 Å². The van der Waals surface area contributed by atoms with Gasteiger partial charge in [-0.15, -0.1) is 0 Å². The summed E-state index contributed by atoms with van der Waals surface area (Å²) in [5.41, 5.74) is 0. The van der Waals surface area contributed by atoms with Crippen LogP contribution in [0.2, 0.25) is 0 Å². The molecule has 2 rings (SSSR count). The van der Waals surface area contributed by atoms with Crippen LogP contribution in [0.1, 0.15) is 19.3 Å². The van der Waals surface area contributed by atoms with E-state index in [9.17, 15) is 0 Å². The molecule has 2 aliphatic heterocycles. The molecule has 0 atom stereocenters. The molecule has 0 aromatic heterocycles. The highest BCUT2D eigenvalue weighted by Crippen LogP contribution is 2.18. The summed E-state index contributed by atoms with van der Waals surface area (Å²) >= 11 is 0. The Morgan fingerprint density at radius 2 is 1.78 bits per heavy atom. The standard InChI is InChI=1S/C14H30N4/c1-17-9-3-14(4-10-17)2-5-15-6-11-18-12-7-16-8-13-18/h14-16H,2-13H2,1H3. The van der Waals surface area contributed by atoms with Gasteiger partial charge in [0.1, 0.15) is 0 Å². The van der Waals surface area contributed by atoms with Crippen molar-refractivity contribution in [3.05, 3.63) is 0 Å². The first-order valence-electron chi connectivity index (χ1n) is 7.67. The van der Waals surface area contributed by atoms with Gasteiger partial charge in [0, 0.05) is 39.3 Å². The first-order chi connectivity index (χ1) is 8.84. The quantitative estimate of drug-likeness (QED) is 0.664. The average Bonchev–Trinajstić information content (AvgIpc) is 2.42. The first kappa shape index (κ1) is 14.3. The average molecular weight is 254 g/mol. The summed E-state index contributed by atoms with van der Waals surface area (Å²) in [5.74, 6) is 0.966. The second kappa shape index (κ2) is 8.10. The van der Waals surface area contributed by atoms with Crippen molar-refractivity contribution in [1.82, 2.24) is 20.4 Å². The minimum Gasteiger partial charge on any atom is -0.315 e. The molecule has 2 fully saturated rings. The van der Waals surface area contributed by atoms with Gasteiger partial charge >= 0.3 is 0 Å². The number of nitrogens with one attached hydrogen (secondary N) is 2. The summed E-state index contributed by atoms with van der Waals surface area (Å²) < 4.78 is 0. The molecule has 0 bridgehead atoms. The van der Waals surface area contributed by atoms with E-state index in [0.29, 0.717) is 0 Å². The molecular weight excluding hydrogens is 224 g/mol. The van der Waals surface area contributed by atoms with Gasteiger partial charge in [0.05, 0.1) is 0 Å². The van der Waals surface area contributed by atoms with E-state index < -0.39 is 0 Å². The minimum absolute atomic E-state index is 0.966. The van der Waals surface area contributed by atoms with E-state index in [0.717, 1.165) is 25.6 Å². The SMILES string of the molecule is CN1CCC(CCNCCN2CCNCC2)CC1. The lowest BCUT2D eigenvalue weighted by Gasteiger charge is -2.29. The zero-order valence-electron chi connectivity index (χ0n) is 12.0. The minimum atomic E-state index is 0.966. The zero-order valence-corrected chi connectivity index (χ0v) is 12.0. The lowest BCUT2D eigenvalue weighted by atomic mass is 9.94. The molecule has 0 saturated carbocycles. The van der Waals surface area contributed by atoms with Gasteiger partial charge in [-0.25, -0.2) is 0 Å². The van der Waals surface area contributed by atoms with Gasteiger partial charge in [0.25, 0.3) is 0 Å². The van der Waals surface area contributed by atoms with Crippen LogP contribution < -0.4 is 10.6 Å². The van der Waals surface area contributed by atoms with E-state index in [1.807, 2.05) is 0 Å². The fourth-order valence-corrected chi connectivity index (χ4v) is 2.95. The Hall–Kier alpha value is -0.160. The maximum Gasteiger partial charge on any atom is 0.0108 e. The van der Waals surface area contributed by atoms with Crippen LogP contribution >= 0.6 is 0 Å². The zero-order chi connectivity index (χ0) is 12.6. The van der Waals surface area contributed by atoms with Crippen LogP contribution in [-0.4, -0.2) is 75.8 Å². The fraction of sp³-hybridized carbons (Fsp3) is 1.00. The monoisotopic (exact) mass is 254 g/mol. The molecule has 106 valence electrons. The predicted molar refractivity (Wildman–Crippen MR) is 77.0 cm³/mol. The number of hydrogen-bond acceptors (Lipinski definition) is 4. The molecular formula is C14H30N4. The summed E-state index contributed by atoms with van der Waals surface area (Å²) in [5, 5.41) is 7.01. The number of likely N-dealkylation sites (tertiary alicyclic amines) is 1. The van der Waals surface area contributed by atoms with E-state index in [2.05, 4.69) is 27.5 Å². The molecule has 0 aliphatic carbocycles. The van der Waals surface area contributed by atoms with Gasteiger partial charge in [-0.05, 0) is 51.9 Å². The second-order valence-corrected chi connectivity index (χ2v) is 5.88. The molecule has 0 spiro atoms. The Morgan fingerprint density at radius 1 is 1.06 bits per heavy atom. The smallest absolute Gasteiger partial charge is 0.0108 e. The van der Waals surface area contributed by atoms with E-state index >= 15 is 0 Å². The highest BCUT2D eigenvalue weighted by molar-refractivity contribution is 4.71. The fourth-order valence-electron chi connectivity index (χ4n) is 2.95. The number of hydrogen-bond donors (Lipinski definition) is 2. The largest absolute Gasteiger partial charge is 0.315 e. The summed E-state index contributed by atoms with van der Waals surface area (Å²) in [6.07, 6.45) is 4.17. The molecule has 2 heterocycles. The van der Waals surface area contributed by atoms with Crippen molar-refractivity contribution in [2.24, 2.45) is 5.92 Å². The van der Waals surface area contributed by atoms with Gasteiger partial charge < -0.3 is 15.5 Å². The molecule has 2 aliphatic rings. The lowest BCUT2D eigenvalue weighted by molar-refractivity contribution is 0.209. The number of rotatable bonds is 6. The van der Waals surface area contributed by atoms with Crippen molar-refractivity contribution in [2.75, 3.05) is 66.0 Å². The van der Waals surface area contributed by atoms with Crippen molar-refractivity contribution in [3.63, 3.8) is 0 Å². The molecule has 0 amide bonds. The van der Waals surface area contributed by atoms with Crippen LogP contribution in [0.3, 0.4) is 0 Å². The van der Waals surface area contributed by atoms with Gasteiger partial charge in [-0.1, -0.05) is 0 Å². The first-order valence-corrected chi connectivity index (χ1v) is 7.67. The van der Waals surface area contributed by atoms with Crippen LogP contribution in [0.15, 0.2) is 0 Å². The van der Waals surface area contributed by atoms with E-state index in [4.69, 9.17) is 0 Å². The highest BCUT2D eigenvalue weighted by Gasteiger charge is 2.15. The molecule has 0 aromatic carbocycles. The molecule has 4 nitrogen and oxygen atoms in total. The number of piperidine rings is 1. The van der Waals surface area contributed by atoms with Crippen LogP contribution in [-0.2, 0) is 0 Å². The summed E-state index contributed by atoms with van der Waals surface area (Å²) in [6.45, 7) is 10.9. The summed E-state index contributed by atoms with van der Waals surface area (Å²) in [4.78, 5) is 5.01. The van der Waals surface area contributed by atoms with E-state index in [1.165, 1.54) is 58.5 Å². The topological polar surface area (TPSA) is 30.5 Å². The van der Waals surface area contributed by atoms with Crippen LogP contribution in [0.5, 0.6) is 0 Å². The molecule has 18 heavy (non-hydrogen) atoms. The van der Waals surface area contributed by atoms with Crippen molar-refractivity contribution < 1.29 is 0 Å². The van der Waals surface area contributed by atoms with E-state index in [-0.39, 0.29) is 0 Å². The van der Waals surface area contributed by atoms with Crippen molar-refractivity contribution in [2.45, 2.75) is 19.3 Å². The Balaban J connectivity index is 1.43. The normalized spacial score (nSPS) is 24.5. The molecule has 0 aromatic rings. The third kappa shape index (κ3) is 5.22. The van der Waals surface area contributed by atoms with Crippen LogP contribution in [0, 0.1) is 5.92 Å². The van der Waals surface area contributed by atoms with Gasteiger partial charge in [-0.3, -0.25) is 4.90 Å². The Labute approximate surface area is 112 Å². The summed E-state index contributed by atoms with van der Waals surface area (Å²) in [6, 6.07) is 0. The third-order valence-electron chi connectivity index (χ3n) is 4.38. The second-order valence-electron chi connectivity index (χ2n) is 5.88. The van der Waals surface area contributed by atoms with Crippen LogP contribution in [0.25, 0.3) is 0 Å². The highest BCUT2D eigenvalue weighted by atomic mass is 15.2. The van der Waals surface area contributed by atoms with Crippen molar-refractivity contribution in [1.29, 1.82) is 0 Å². The van der Waals surface area contributed by atoms with E-state index in [1.54, 1.807) is 0 Å². The summed E-state index contributed by atoms with van der Waals surface area (Å²) in [7, 11) is 2.24. The molecule has 4 heteroatoms. The Kier molecular flexibility index (Phi) is 6.41. The maximum atomic E-state index is 3.62. The number of nitrogens with zero attached hydrogens (tertiary/aromatic N) is 2. The number of piperazine rings is 1. The lowest BCUT2D eigenvalue weighted by Crippen LogP contribution is -2.45. The van der Waals surface area contributed by atoms with Crippen molar-refractivity contribution >= 4 is 0 Å². The van der Waals surface area contributed by atoms with Crippen molar-refractivity contribution in [3.8, 4) is 0 Å².